The number of pyridine rings is 1. The van der Waals surface area contributed by atoms with Crippen molar-refractivity contribution in [3.05, 3.63) is 30.1 Å². The molecule has 1 rings (SSSR count). The molecule has 0 amide bonds. The van der Waals surface area contributed by atoms with Gasteiger partial charge in [-0.3, -0.25) is 4.98 Å². The molecule has 0 unspecified atom stereocenters. The number of terminal acetylenes is 1. The maximum Gasteiger partial charge on any atom is 0.148 e. The van der Waals surface area contributed by atoms with Gasteiger partial charge in [0.15, 0.2) is 0 Å². The van der Waals surface area contributed by atoms with Crippen LogP contribution in [0.15, 0.2) is 24.5 Å². The Bertz CT molecular complexity index is 271. The smallest absolute Gasteiger partial charge is 0.148 e. The van der Waals surface area contributed by atoms with Crippen molar-refractivity contribution in [1.82, 2.24) is 4.98 Å². The van der Waals surface area contributed by atoms with Crippen molar-refractivity contribution in [2.75, 3.05) is 0 Å². The molecule has 11 heavy (non-hydrogen) atoms. The largest absolute Gasteiger partial charge is 0.374 e. The standard InChI is InChI=1S/C9H9NO/c1-3-9(2,11)8-4-6-10-7-5-8/h1,4-7,11H,2H3/t9-/m1/s1. The highest BCUT2D eigenvalue weighted by Crippen LogP contribution is 2.17. The molecule has 1 aromatic rings. The van der Waals surface area contributed by atoms with Crippen LogP contribution < -0.4 is 0 Å². The van der Waals surface area contributed by atoms with E-state index < -0.39 is 5.60 Å². The molecule has 0 saturated carbocycles. The van der Waals surface area contributed by atoms with E-state index in [1.165, 1.54) is 0 Å². The van der Waals surface area contributed by atoms with Crippen LogP contribution in [-0.4, -0.2) is 10.1 Å². The Morgan fingerprint density at radius 1 is 1.55 bits per heavy atom. The monoisotopic (exact) mass is 147 g/mol. The van der Waals surface area contributed by atoms with Crippen molar-refractivity contribution in [3.8, 4) is 12.3 Å². The fourth-order valence-corrected chi connectivity index (χ4v) is 0.760. The minimum Gasteiger partial charge on any atom is -0.374 e. The second-order valence-corrected chi connectivity index (χ2v) is 2.45. The van der Waals surface area contributed by atoms with Crippen LogP contribution in [0.25, 0.3) is 0 Å². The van der Waals surface area contributed by atoms with E-state index in [0.29, 0.717) is 5.56 Å². The summed E-state index contributed by atoms with van der Waals surface area (Å²) in [5.41, 5.74) is -0.488. The van der Waals surface area contributed by atoms with E-state index in [1.807, 2.05) is 0 Å². The summed E-state index contributed by atoms with van der Waals surface area (Å²) in [5.74, 6) is 2.29. The van der Waals surface area contributed by atoms with E-state index in [9.17, 15) is 5.11 Å². The Morgan fingerprint density at radius 2 is 2.09 bits per heavy atom. The highest BCUT2D eigenvalue weighted by Gasteiger charge is 2.18. The Balaban J connectivity index is 3.05. The lowest BCUT2D eigenvalue weighted by Crippen LogP contribution is -2.17. The summed E-state index contributed by atoms with van der Waals surface area (Å²) in [6.07, 6.45) is 8.31. The second-order valence-electron chi connectivity index (χ2n) is 2.45. The first-order valence-electron chi connectivity index (χ1n) is 3.27. The van der Waals surface area contributed by atoms with Gasteiger partial charge in [0.05, 0.1) is 0 Å². The third-order valence-electron chi connectivity index (χ3n) is 1.52. The molecule has 0 radical (unpaired) electrons. The molecule has 0 saturated heterocycles. The summed E-state index contributed by atoms with van der Waals surface area (Å²) in [6, 6.07) is 3.39. The first kappa shape index (κ1) is 7.77. The summed E-state index contributed by atoms with van der Waals surface area (Å²) in [6.45, 7) is 1.57. The SMILES string of the molecule is C#C[C@@](C)(O)c1ccncc1. The maximum atomic E-state index is 9.53. The molecule has 1 atom stereocenters. The van der Waals surface area contributed by atoms with Gasteiger partial charge in [-0.15, -0.1) is 6.42 Å². The van der Waals surface area contributed by atoms with E-state index >= 15 is 0 Å². The van der Waals surface area contributed by atoms with Gasteiger partial charge < -0.3 is 5.11 Å². The minimum atomic E-state index is -1.18. The molecule has 56 valence electrons. The number of aliphatic hydroxyl groups is 1. The van der Waals surface area contributed by atoms with Gasteiger partial charge in [-0.1, -0.05) is 5.92 Å². The quantitative estimate of drug-likeness (QED) is 0.599. The van der Waals surface area contributed by atoms with Gasteiger partial charge in [0, 0.05) is 12.4 Å². The first-order valence-corrected chi connectivity index (χ1v) is 3.27. The molecule has 0 bridgehead atoms. The first-order chi connectivity index (χ1) is 5.17. The topological polar surface area (TPSA) is 33.1 Å². The molecule has 0 aliphatic rings. The van der Waals surface area contributed by atoms with Crippen molar-refractivity contribution < 1.29 is 5.11 Å². The maximum absolute atomic E-state index is 9.53. The van der Waals surface area contributed by atoms with Gasteiger partial charge in [0.2, 0.25) is 0 Å². The summed E-state index contributed by atoms with van der Waals surface area (Å²) in [7, 11) is 0. The van der Waals surface area contributed by atoms with Crippen LogP contribution in [0.1, 0.15) is 12.5 Å². The molecule has 0 aliphatic carbocycles. The average Bonchev–Trinajstić information content (AvgIpc) is 2.06. The Kier molecular flexibility index (Phi) is 1.93. The van der Waals surface area contributed by atoms with Crippen molar-refractivity contribution >= 4 is 0 Å². The minimum absolute atomic E-state index is 0.690. The molecule has 2 nitrogen and oxygen atoms in total. The van der Waals surface area contributed by atoms with Gasteiger partial charge >= 0.3 is 0 Å². The Morgan fingerprint density at radius 3 is 2.55 bits per heavy atom. The van der Waals surface area contributed by atoms with Crippen LogP contribution >= 0.6 is 0 Å². The second kappa shape index (κ2) is 2.73. The molecular weight excluding hydrogens is 138 g/mol. The normalized spacial score (nSPS) is 15.0. The molecule has 0 spiro atoms. The number of nitrogens with zero attached hydrogens (tertiary/aromatic N) is 1. The number of aromatic nitrogens is 1. The van der Waals surface area contributed by atoms with Crippen molar-refractivity contribution in [2.45, 2.75) is 12.5 Å². The highest BCUT2D eigenvalue weighted by atomic mass is 16.3. The van der Waals surface area contributed by atoms with E-state index in [1.54, 1.807) is 31.5 Å². The molecule has 0 fully saturated rings. The molecule has 1 heterocycles. The highest BCUT2D eigenvalue weighted by molar-refractivity contribution is 5.26. The fraction of sp³-hybridized carbons (Fsp3) is 0.222. The van der Waals surface area contributed by atoms with E-state index in [-0.39, 0.29) is 0 Å². The van der Waals surface area contributed by atoms with Crippen LogP contribution in [0.4, 0.5) is 0 Å². The molecule has 2 heteroatoms. The Labute approximate surface area is 65.9 Å². The zero-order valence-electron chi connectivity index (χ0n) is 6.28. The van der Waals surface area contributed by atoms with Crippen LogP contribution in [0.5, 0.6) is 0 Å². The van der Waals surface area contributed by atoms with Gasteiger partial charge in [0.1, 0.15) is 5.60 Å². The average molecular weight is 147 g/mol. The molecule has 0 aliphatic heterocycles. The predicted octanol–water partition coefficient (Wildman–Crippen LogP) is 0.922. The lowest BCUT2D eigenvalue weighted by Gasteiger charge is -2.15. The predicted molar refractivity (Wildman–Crippen MR) is 42.6 cm³/mol. The zero-order chi connectivity index (χ0) is 8.32. The van der Waals surface area contributed by atoms with Crippen molar-refractivity contribution in [3.63, 3.8) is 0 Å². The lowest BCUT2D eigenvalue weighted by atomic mass is 9.99. The molecule has 1 aromatic heterocycles. The third kappa shape index (κ3) is 1.57. The van der Waals surface area contributed by atoms with Crippen LogP contribution in [0.2, 0.25) is 0 Å². The lowest BCUT2D eigenvalue weighted by molar-refractivity contribution is 0.122. The summed E-state index contributed by atoms with van der Waals surface area (Å²) < 4.78 is 0. The summed E-state index contributed by atoms with van der Waals surface area (Å²) in [4.78, 5) is 3.81. The van der Waals surface area contributed by atoms with Gasteiger partial charge in [-0.05, 0) is 24.6 Å². The number of hydrogen-bond acceptors (Lipinski definition) is 2. The molecule has 0 aromatic carbocycles. The number of hydrogen-bond donors (Lipinski definition) is 1. The molecular formula is C9H9NO. The van der Waals surface area contributed by atoms with Gasteiger partial charge in [-0.2, -0.15) is 0 Å². The van der Waals surface area contributed by atoms with Crippen molar-refractivity contribution in [2.24, 2.45) is 0 Å². The zero-order valence-corrected chi connectivity index (χ0v) is 6.28. The van der Waals surface area contributed by atoms with Crippen LogP contribution in [-0.2, 0) is 5.60 Å². The van der Waals surface area contributed by atoms with Gasteiger partial charge in [-0.25, -0.2) is 0 Å². The van der Waals surface area contributed by atoms with Crippen LogP contribution in [0, 0.1) is 12.3 Å². The van der Waals surface area contributed by atoms with E-state index in [0.717, 1.165) is 0 Å². The van der Waals surface area contributed by atoms with Crippen LogP contribution in [0.3, 0.4) is 0 Å². The summed E-state index contributed by atoms with van der Waals surface area (Å²) in [5, 5.41) is 9.53. The van der Waals surface area contributed by atoms with E-state index in [2.05, 4.69) is 10.9 Å². The fourth-order valence-electron chi connectivity index (χ4n) is 0.760. The Hall–Kier alpha value is -1.33. The van der Waals surface area contributed by atoms with Crippen molar-refractivity contribution in [1.29, 1.82) is 0 Å². The summed E-state index contributed by atoms with van der Waals surface area (Å²) >= 11 is 0. The van der Waals surface area contributed by atoms with Gasteiger partial charge in [0.25, 0.3) is 0 Å². The number of rotatable bonds is 1. The van der Waals surface area contributed by atoms with E-state index in [4.69, 9.17) is 6.42 Å². The molecule has 1 N–H and O–H groups in total. The third-order valence-corrected chi connectivity index (χ3v) is 1.52.